The number of hydrogen-bond donors (Lipinski definition) is 3. The van der Waals surface area contributed by atoms with Gasteiger partial charge in [0.25, 0.3) is 5.91 Å². The second-order valence-corrected chi connectivity index (χ2v) is 4.76. The molecule has 0 aliphatic rings. The van der Waals surface area contributed by atoms with Crippen LogP contribution in [0.15, 0.2) is 18.2 Å². The van der Waals surface area contributed by atoms with Crippen molar-refractivity contribution in [2.45, 2.75) is 0 Å². The molecule has 1 amide bonds. The molecular weight excluding hydrogens is 230 g/mol. The molecule has 0 aromatic heterocycles. The molecule has 0 aliphatic carbocycles. The Kier molecular flexibility index (Phi) is 4.30. The molecule has 16 heavy (non-hydrogen) atoms. The third-order valence-electron chi connectivity index (χ3n) is 1.92. The zero-order valence-electron chi connectivity index (χ0n) is 8.77. The predicted molar refractivity (Wildman–Crippen MR) is 61.0 cm³/mol. The number of carbonyl (C=O) groups excluding carboxylic acids is 1. The van der Waals surface area contributed by atoms with Crippen LogP contribution in [0.5, 0.6) is 11.5 Å². The molecule has 0 aliphatic heterocycles. The maximum Gasteiger partial charge on any atom is 0.258 e. The smallest absolute Gasteiger partial charge is 0.258 e. The molecular formula is C10H13NO4S. The van der Waals surface area contributed by atoms with E-state index in [1.807, 2.05) is 0 Å². The highest BCUT2D eigenvalue weighted by molar-refractivity contribution is 7.84. The summed E-state index contributed by atoms with van der Waals surface area (Å²) < 4.78 is 10.8. The van der Waals surface area contributed by atoms with Crippen LogP contribution in [0.25, 0.3) is 0 Å². The molecule has 0 fully saturated rings. The molecule has 0 heterocycles. The average Bonchev–Trinajstić information content (AvgIpc) is 2.16. The summed E-state index contributed by atoms with van der Waals surface area (Å²) in [6.45, 7) is 0.232. The zero-order chi connectivity index (χ0) is 12.1. The molecule has 3 N–H and O–H groups in total. The van der Waals surface area contributed by atoms with Crippen molar-refractivity contribution < 1.29 is 19.2 Å². The second kappa shape index (κ2) is 5.50. The van der Waals surface area contributed by atoms with Gasteiger partial charge in [-0.3, -0.25) is 9.00 Å². The number of benzene rings is 1. The highest BCUT2D eigenvalue weighted by Gasteiger charge is 2.15. The molecule has 1 atom stereocenters. The van der Waals surface area contributed by atoms with Crippen LogP contribution in [-0.2, 0) is 10.8 Å². The van der Waals surface area contributed by atoms with Crippen LogP contribution in [0.4, 0.5) is 0 Å². The Morgan fingerprint density at radius 1 is 1.38 bits per heavy atom. The summed E-state index contributed by atoms with van der Waals surface area (Å²) >= 11 is 0. The number of rotatable bonds is 4. The van der Waals surface area contributed by atoms with Gasteiger partial charge in [0.15, 0.2) is 0 Å². The van der Waals surface area contributed by atoms with Crippen LogP contribution in [-0.4, -0.2) is 38.9 Å². The normalized spacial score (nSPS) is 12.1. The number of nitrogens with one attached hydrogen (secondary N) is 1. The maximum atomic E-state index is 11.5. The minimum Gasteiger partial charge on any atom is -0.507 e. The summed E-state index contributed by atoms with van der Waals surface area (Å²) in [6, 6.07) is 4.06. The van der Waals surface area contributed by atoms with Crippen molar-refractivity contribution >= 4 is 16.7 Å². The Morgan fingerprint density at radius 2 is 1.94 bits per heavy atom. The summed E-state index contributed by atoms with van der Waals surface area (Å²) in [6.07, 6.45) is 1.53. The van der Waals surface area contributed by atoms with Crippen molar-refractivity contribution in [1.29, 1.82) is 0 Å². The summed E-state index contributed by atoms with van der Waals surface area (Å²) in [4.78, 5) is 11.5. The largest absolute Gasteiger partial charge is 0.507 e. The summed E-state index contributed by atoms with van der Waals surface area (Å²) in [7, 11) is -0.989. The van der Waals surface area contributed by atoms with E-state index in [9.17, 15) is 19.2 Å². The Balaban J connectivity index is 2.70. The number of amides is 1. The van der Waals surface area contributed by atoms with Gasteiger partial charge in [-0.15, -0.1) is 0 Å². The van der Waals surface area contributed by atoms with Crippen LogP contribution >= 0.6 is 0 Å². The van der Waals surface area contributed by atoms with Crippen LogP contribution in [0.3, 0.4) is 0 Å². The number of carbonyl (C=O) groups is 1. The summed E-state index contributed by atoms with van der Waals surface area (Å²) in [5, 5.41) is 21.2. The topological polar surface area (TPSA) is 86.6 Å². The van der Waals surface area contributed by atoms with E-state index >= 15 is 0 Å². The monoisotopic (exact) mass is 243 g/mol. The highest BCUT2D eigenvalue weighted by Crippen LogP contribution is 2.25. The standard InChI is InChI=1S/C10H13NO4S/c1-16(15)6-5-11-10(14)9-7(12)3-2-4-8(9)13/h2-4,12-13H,5-6H2,1H3,(H,11,14). The van der Waals surface area contributed by atoms with E-state index in [2.05, 4.69) is 5.32 Å². The average molecular weight is 243 g/mol. The van der Waals surface area contributed by atoms with Crippen LogP contribution in [0, 0.1) is 0 Å². The van der Waals surface area contributed by atoms with E-state index in [1.165, 1.54) is 24.5 Å². The van der Waals surface area contributed by atoms with Crippen LogP contribution < -0.4 is 5.32 Å². The first-order chi connectivity index (χ1) is 7.52. The first-order valence-electron chi connectivity index (χ1n) is 4.61. The van der Waals surface area contributed by atoms with Crippen LogP contribution in [0.1, 0.15) is 10.4 Å². The lowest BCUT2D eigenvalue weighted by atomic mass is 10.1. The van der Waals surface area contributed by atoms with Crippen molar-refractivity contribution in [3.05, 3.63) is 23.8 Å². The molecule has 1 unspecified atom stereocenters. The fraction of sp³-hybridized carbons (Fsp3) is 0.300. The van der Waals surface area contributed by atoms with Gasteiger partial charge in [-0.1, -0.05) is 6.07 Å². The Morgan fingerprint density at radius 3 is 2.44 bits per heavy atom. The molecule has 0 saturated carbocycles. The Bertz CT molecular complexity index is 399. The number of hydrogen-bond acceptors (Lipinski definition) is 4. The third kappa shape index (κ3) is 3.23. The molecule has 1 rings (SSSR count). The van der Waals surface area contributed by atoms with Crippen molar-refractivity contribution in [3.8, 4) is 11.5 Å². The van der Waals surface area contributed by atoms with Gasteiger partial charge in [0, 0.05) is 29.4 Å². The molecule has 0 radical (unpaired) electrons. The number of phenolic OH excluding ortho intramolecular Hbond substituents is 2. The lowest BCUT2D eigenvalue weighted by Crippen LogP contribution is -2.27. The fourth-order valence-corrected chi connectivity index (χ4v) is 1.55. The van der Waals surface area contributed by atoms with Gasteiger partial charge in [0.05, 0.1) is 0 Å². The SMILES string of the molecule is CS(=O)CCNC(=O)c1c(O)cccc1O. The quantitative estimate of drug-likeness (QED) is 0.705. The molecule has 1 aromatic carbocycles. The minimum absolute atomic E-state index is 0.163. The van der Waals surface area contributed by atoms with Gasteiger partial charge < -0.3 is 15.5 Å². The van der Waals surface area contributed by atoms with Crippen molar-refractivity contribution in [2.75, 3.05) is 18.6 Å². The minimum atomic E-state index is -0.989. The molecule has 0 saturated heterocycles. The molecule has 1 aromatic rings. The predicted octanol–water partition coefficient (Wildman–Crippen LogP) is 0.206. The van der Waals surface area contributed by atoms with E-state index in [1.54, 1.807) is 0 Å². The second-order valence-electron chi connectivity index (χ2n) is 3.20. The third-order valence-corrected chi connectivity index (χ3v) is 2.70. The fourth-order valence-electron chi connectivity index (χ4n) is 1.16. The lowest BCUT2D eigenvalue weighted by Gasteiger charge is -2.07. The van der Waals surface area contributed by atoms with Crippen LogP contribution in [0.2, 0.25) is 0 Å². The van der Waals surface area contributed by atoms with Crippen molar-refractivity contribution in [1.82, 2.24) is 5.32 Å². The van der Waals surface area contributed by atoms with E-state index in [4.69, 9.17) is 0 Å². The molecule has 5 nitrogen and oxygen atoms in total. The van der Waals surface area contributed by atoms with Crippen molar-refractivity contribution in [2.24, 2.45) is 0 Å². The molecule has 0 spiro atoms. The molecule has 6 heteroatoms. The van der Waals surface area contributed by atoms with E-state index in [-0.39, 0.29) is 23.6 Å². The first-order valence-corrected chi connectivity index (χ1v) is 6.34. The first kappa shape index (κ1) is 12.5. The van der Waals surface area contributed by atoms with Crippen molar-refractivity contribution in [3.63, 3.8) is 0 Å². The molecule has 88 valence electrons. The number of phenols is 2. The Hall–Kier alpha value is -1.56. The van der Waals surface area contributed by atoms with Gasteiger partial charge in [-0.05, 0) is 12.1 Å². The Labute approximate surface area is 95.6 Å². The zero-order valence-corrected chi connectivity index (χ0v) is 9.58. The lowest BCUT2D eigenvalue weighted by molar-refractivity contribution is 0.0950. The van der Waals surface area contributed by atoms with E-state index in [0.29, 0.717) is 5.75 Å². The van der Waals surface area contributed by atoms with Gasteiger partial charge in [0.1, 0.15) is 17.1 Å². The highest BCUT2D eigenvalue weighted by atomic mass is 32.2. The maximum absolute atomic E-state index is 11.5. The summed E-state index contributed by atoms with van der Waals surface area (Å²) in [5.74, 6) is -0.814. The van der Waals surface area contributed by atoms with E-state index < -0.39 is 16.7 Å². The number of aromatic hydroxyl groups is 2. The molecule has 0 bridgehead atoms. The van der Waals surface area contributed by atoms with E-state index in [0.717, 1.165) is 0 Å². The van der Waals surface area contributed by atoms with Gasteiger partial charge >= 0.3 is 0 Å². The van der Waals surface area contributed by atoms with Gasteiger partial charge in [-0.25, -0.2) is 0 Å². The van der Waals surface area contributed by atoms with Gasteiger partial charge in [0.2, 0.25) is 0 Å². The van der Waals surface area contributed by atoms with Gasteiger partial charge in [-0.2, -0.15) is 0 Å². The summed E-state index contributed by atoms with van der Waals surface area (Å²) in [5.41, 5.74) is -0.163.